The molecule has 3 aliphatic rings. The van der Waals surface area contributed by atoms with Crippen molar-refractivity contribution in [3.63, 3.8) is 0 Å². The number of hydrogen-bond acceptors (Lipinski definition) is 11. The van der Waals surface area contributed by atoms with Crippen LogP contribution in [0.15, 0.2) is 36.6 Å². The Balaban J connectivity index is 1.48. The molecule has 10 atom stereocenters. The van der Waals surface area contributed by atoms with Gasteiger partial charge in [-0.15, -0.1) is 0 Å². The van der Waals surface area contributed by atoms with E-state index in [-0.39, 0.29) is 6.42 Å². The highest BCUT2D eigenvalue weighted by Crippen LogP contribution is 2.48. The molecule has 1 saturated carbocycles. The van der Waals surface area contributed by atoms with E-state index in [4.69, 9.17) is 23.7 Å². The van der Waals surface area contributed by atoms with Gasteiger partial charge in [-0.25, -0.2) is 4.79 Å². The predicted octanol–water partition coefficient (Wildman–Crippen LogP) is -0.706. The van der Waals surface area contributed by atoms with Crippen LogP contribution in [0.2, 0.25) is 0 Å². The number of rotatable bonds is 6. The Bertz CT molecular complexity index is 883. The number of methoxy groups -OCH3 is 1. The summed E-state index contributed by atoms with van der Waals surface area (Å²) in [5.41, 5.74) is -1.05. The van der Waals surface area contributed by atoms with Gasteiger partial charge in [-0.1, -0.05) is 0 Å². The van der Waals surface area contributed by atoms with Gasteiger partial charge in [0.2, 0.25) is 6.29 Å². The van der Waals surface area contributed by atoms with E-state index < -0.39 is 73.1 Å². The first-order valence-electron chi connectivity index (χ1n) is 11.0. The van der Waals surface area contributed by atoms with Crippen LogP contribution in [0.3, 0.4) is 0 Å². The molecule has 2 aliphatic heterocycles. The lowest BCUT2D eigenvalue weighted by Crippen LogP contribution is -2.60. The van der Waals surface area contributed by atoms with Gasteiger partial charge in [-0.05, 0) is 37.3 Å². The van der Waals surface area contributed by atoms with E-state index >= 15 is 0 Å². The van der Waals surface area contributed by atoms with Crippen molar-refractivity contribution in [3.05, 3.63) is 42.2 Å². The Kier molecular flexibility index (Phi) is 7.15. The van der Waals surface area contributed by atoms with Gasteiger partial charge in [-0.3, -0.25) is 0 Å². The van der Waals surface area contributed by atoms with Crippen molar-refractivity contribution in [2.45, 2.75) is 62.0 Å². The first-order valence-corrected chi connectivity index (χ1v) is 11.0. The molecular formula is C23H30O11. The molecule has 0 bridgehead atoms. The number of benzene rings is 1. The highest BCUT2D eigenvalue weighted by Gasteiger charge is 2.58. The van der Waals surface area contributed by atoms with Gasteiger partial charge in [0.15, 0.2) is 6.29 Å². The molecule has 0 aromatic heterocycles. The zero-order valence-corrected chi connectivity index (χ0v) is 18.8. The van der Waals surface area contributed by atoms with Crippen molar-refractivity contribution in [2.75, 3.05) is 13.7 Å². The Morgan fingerprint density at radius 2 is 1.82 bits per heavy atom. The number of aliphatic hydroxyl groups excluding tert-OH is 4. The van der Waals surface area contributed by atoms with Crippen LogP contribution in [0.25, 0.3) is 0 Å². The topological polar surface area (TPSA) is 164 Å². The Morgan fingerprint density at radius 3 is 2.47 bits per heavy atom. The Morgan fingerprint density at radius 1 is 1.12 bits per heavy atom. The van der Waals surface area contributed by atoms with Crippen LogP contribution in [0, 0.1) is 11.8 Å². The van der Waals surface area contributed by atoms with Crippen molar-refractivity contribution >= 4 is 5.97 Å². The van der Waals surface area contributed by atoms with Crippen molar-refractivity contribution in [1.29, 1.82) is 0 Å². The molecule has 11 heteroatoms. The van der Waals surface area contributed by atoms with Crippen LogP contribution in [0.4, 0.5) is 0 Å². The maximum absolute atomic E-state index is 12.7. The molecule has 2 fully saturated rings. The fraction of sp³-hybridized carbons (Fsp3) is 0.609. The number of fused-ring (bicyclic) bond motifs is 1. The van der Waals surface area contributed by atoms with Crippen LogP contribution in [0.1, 0.15) is 23.7 Å². The normalized spacial score (nSPS) is 41.4. The molecule has 0 radical (unpaired) electrons. The lowest BCUT2D eigenvalue weighted by atomic mass is 9.85. The lowest BCUT2D eigenvalue weighted by Gasteiger charge is -2.43. The number of carbonyl (C=O) groups excluding carboxylic acids is 1. The number of ether oxygens (including phenoxy) is 5. The van der Waals surface area contributed by atoms with Gasteiger partial charge in [-0.2, -0.15) is 0 Å². The molecule has 0 spiro atoms. The van der Waals surface area contributed by atoms with E-state index in [0.717, 1.165) is 0 Å². The second-order valence-corrected chi connectivity index (χ2v) is 9.00. The number of hydrogen-bond donors (Lipinski definition) is 5. The van der Waals surface area contributed by atoms with E-state index in [1.807, 2.05) is 0 Å². The molecular weight excluding hydrogens is 452 g/mol. The average molecular weight is 482 g/mol. The molecule has 4 rings (SSSR count). The van der Waals surface area contributed by atoms with Crippen molar-refractivity contribution < 1.29 is 54.0 Å². The third-order valence-electron chi connectivity index (χ3n) is 6.68. The molecule has 11 nitrogen and oxygen atoms in total. The molecule has 1 aliphatic carbocycles. The SMILES string of the molecule is COc1ccc(C(=O)OC2CC(C)(O)C3C(OC4OC(CO)C(O)C(O)C4O)OC=CC23)cc1. The van der Waals surface area contributed by atoms with Gasteiger partial charge in [0.25, 0.3) is 0 Å². The maximum Gasteiger partial charge on any atom is 0.338 e. The highest BCUT2D eigenvalue weighted by atomic mass is 16.8. The van der Waals surface area contributed by atoms with E-state index in [2.05, 4.69) is 0 Å². The Labute approximate surface area is 196 Å². The van der Waals surface area contributed by atoms with E-state index in [9.17, 15) is 30.3 Å². The van der Waals surface area contributed by atoms with Gasteiger partial charge >= 0.3 is 5.97 Å². The van der Waals surface area contributed by atoms with Crippen LogP contribution in [-0.4, -0.2) is 93.9 Å². The predicted molar refractivity (Wildman–Crippen MR) is 113 cm³/mol. The van der Waals surface area contributed by atoms with Crippen LogP contribution in [0.5, 0.6) is 5.75 Å². The minimum atomic E-state index is -1.62. The summed E-state index contributed by atoms with van der Waals surface area (Å²) >= 11 is 0. The van der Waals surface area contributed by atoms with Crippen molar-refractivity contribution in [1.82, 2.24) is 0 Å². The first-order chi connectivity index (χ1) is 16.2. The molecule has 2 heterocycles. The standard InChI is InChI=1S/C23H30O11/c1-23(29)9-14(32-20(28)11-3-5-12(30-2)6-4-11)13-7-8-31-21(16(13)23)34-22-19(27)18(26)17(25)15(10-24)33-22/h3-8,13-19,21-22,24-27,29H,9-10H2,1-2H3. The largest absolute Gasteiger partial charge is 0.497 e. The zero-order chi connectivity index (χ0) is 24.6. The van der Waals surface area contributed by atoms with Gasteiger partial charge in [0.05, 0.1) is 37.1 Å². The molecule has 188 valence electrons. The summed E-state index contributed by atoms with van der Waals surface area (Å²) in [6.45, 7) is 0.960. The monoisotopic (exact) mass is 482 g/mol. The zero-order valence-electron chi connectivity index (χ0n) is 18.8. The van der Waals surface area contributed by atoms with E-state index in [1.165, 1.54) is 13.4 Å². The lowest BCUT2D eigenvalue weighted by molar-refractivity contribution is -0.346. The van der Waals surface area contributed by atoms with E-state index in [1.54, 1.807) is 37.3 Å². The summed E-state index contributed by atoms with van der Waals surface area (Å²) in [4.78, 5) is 12.7. The minimum Gasteiger partial charge on any atom is -0.497 e. The fourth-order valence-electron chi connectivity index (χ4n) is 4.82. The fourth-order valence-corrected chi connectivity index (χ4v) is 4.82. The molecule has 34 heavy (non-hydrogen) atoms. The van der Waals surface area contributed by atoms with Gasteiger partial charge in [0.1, 0.15) is 36.3 Å². The smallest absolute Gasteiger partial charge is 0.338 e. The average Bonchev–Trinajstić information content (AvgIpc) is 3.09. The number of carbonyl (C=O) groups is 1. The summed E-state index contributed by atoms with van der Waals surface area (Å²) in [7, 11) is 1.52. The van der Waals surface area contributed by atoms with Gasteiger partial charge in [0, 0.05) is 12.3 Å². The van der Waals surface area contributed by atoms with Crippen LogP contribution < -0.4 is 4.74 Å². The number of esters is 1. The third-order valence-corrected chi connectivity index (χ3v) is 6.68. The quantitative estimate of drug-likeness (QED) is 0.326. The second-order valence-electron chi connectivity index (χ2n) is 9.00. The summed E-state index contributed by atoms with van der Waals surface area (Å²) in [5, 5.41) is 50.8. The van der Waals surface area contributed by atoms with Crippen molar-refractivity contribution in [2.24, 2.45) is 11.8 Å². The third kappa shape index (κ3) is 4.65. The molecule has 10 unspecified atom stereocenters. The second kappa shape index (κ2) is 9.78. The highest BCUT2D eigenvalue weighted by molar-refractivity contribution is 5.89. The van der Waals surface area contributed by atoms with Crippen molar-refractivity contribution in [3.8, 4) is 5.75 Å². The van der Waals surface area contributed by atoms with E-state index in [0.29, 0.717) is 11.3 Å². The summed E-state index contributed by atoms with van der Waals surface area (Å²) in [6.07, 6.45) is -6.05. The summed E-state index contributed by atoms with van der Waals surface area (Å²) in [5.74, 6) is -1.14. The molecule has 5 N–H and O–H groups in total. The molecule has 0 amide bonds. The molecule has 1 aromatic rings. The summed E-state index contributed by atoms with van der Waals surface area (Å²) in [6, 6.07) is 6.44. The Hall–Kier alpha value is -2.25. The molecule has 1 saturated heterocycles. The summed E-state index contributed by atoms with van der Waals surface area (Å²) < 4.78 is 27.5. The maximum atomic E-state index is 12.7. The van der Waals surface area contributed by atoms with Gasteiger partial charge < -0.3 is 49.2 Å². The minimum absolute atomic E-state index is 0.104. The molecule has 1 aromatic carbocycles. The van der Waals surface area contributed by atoms with Crippen LogP contribution in [-0.2, 0) is 18.9 Å². The van der Waals surface area contributed by atoms with Crippen LogP contribution >= 0.6 is 0 Å². The first kappa shape index (κ1) is 24.9. The number of aliphatic hydroxyl groups is 5.